The number of amides is 1. The Morgan fingerprint density at radius 3 is 2.59 bits per heavy atom. The van der Waals surface area contributed by atoms with Crippen molar-refractivity contribution in [3.05, 3.63) is 81.3 Å². The van der Waals surface area contributed by atoms with Gasteiger partial charge in [0.1, 0.15) is 0 Å². The van der Waals surface area contributed by atoms with E-state index in [9.17, 15) is 4.79 Å². The van der Waals surface area contributed by atoms with Crippen molar-refractivity contribution in [3.63, 3.8) is 0 Å². The van der Waals surface area contributed by atoms with Crippen molar-refractivity contribution in [2.75, 3.05) is 17.2 Å². The first-order valence-electron chi connectivity index (χ1n) is 9.91. The second kappa shape index (κ2) is 9.79. The van der Waals surface area contributed by atoms with Gasteiger partial charge in [-0.3, -0.25) is 9.89 Å². The maximum Gasteiger partial charge on any atom is 0.231 e. The molecule has 3 aromatic carbocycles. The number of H-pyrrole nitrogens is 1. The Bertz CT molecular complexity index is 1270. The molecule has 0 bridgehead atoms. The standard InChI is InChI=1S/C23H20Cl3N5O/c24-14-2-1-3-15(11-14)28-22-18-12-16(5-7-21(18)30-31-22)29-23(32)17(8-9-27)13-4-6-19(25)20(26)10-13/h1-7,10-12,17H,8-9,27H2,(H,29,32)(H2,28,30,31). The maximum absolute atomic E-state index is 13.1. The maximum atomic E-state index is 13.1. The van der Waals surface area contributed by atoms with Crippen LogP contribution in [0.5, 0.6) is 0 Å². The summed E-state index contributed by atoms with van der Waals surface area (Å²) in [5.41, 5.74) is 8.80. The largest absolute Gasteiger partial charge is 0.338 e. The van der Waals surface area contributed by atoms with Crippen molar-refractivity contribution in [2.24, 2.45) is 5.73 Å². The lowest BCUT2D eigenvalue weighted by Crippen LogP contribution is -2.23. The van der Waals surface area contributed by atoms with Crippen LogP contribution in [0.15, 0.2) is 60.7 Å². The molecular formula is C23H20Cl3N5O. The van der Waals surface area contributed by atoms with E-state index in [0.717, 1.165) is 22.2 Å². The molecule has 0 fully saturated rings. The van der Waals surface area contributed by atoms with Crippen LogP contribution in [0.3, 0.4) is 0 Å². The highest BCUT2D eigenvalue weighted by Gasteiger charge is 2.21. The van der Waals surface area contributed by atoms with Crippen LogP contribution in [0.1, 0.15) is 17.9 Å². The van der Waals surface area contributed by atoms with Crippen LogP contribution in [-0.4, -0.2) is 22.6 Å². The minimum absolute atomic E-state index is 0.180. The van der Waals surface area contributed by atoms with E-state index in [2.05, 4.69) is 20.8 Å². The van der Waals surface area contributed by atoms with Crippen molar-refractivity contribution in [2.45, 2.75) is 12.3 Å². The van der Waals surface area contributed by atoms with Crippen LogP contribution < -0.4 is 16.4 Å². The number of halogens is 3. The van der Waals surface area contributed by atoms with E-state index in [4.69, 9.17) is 40.5 Å². The summed E-state index contributed by atoms with van der Waals surface area (Å²) in [5.74, 6) is -0.0127. The van der Waals surface area contributed by atoms with Crippen molar-refractivity contribution >= 4 is 68.8 Å². The van der Waals surface area contributed by atoms with Gasteiger partial charge >= 0.3 is 0 Å². The third kappa shape index (κ3) is 5.00. The average Bonchev–Trinajstić information content (AvgIpc) is 3.16. The predicted octanol–water partition coefficient (Wildman–Crippen LogP) is 6.34. The second-order valence-corrected chi connectivity index (χ2v) is 8.51. The summed E-state index contributed by atoms with van der Waals surface area (Å²) in [6, 6.07) is 18.1. The van der Waals surface area contributed by atoms with Gasteiger partial charge in [-0.1, -0.05) is 46.9 Å². The molecule has 1 atom stereocenters. The molecule has 0 spiro atoms. The number of carbonyl (C=O) groups is 1. The highest BCUT2D eigenvalue weighted by molar-refractivity contribution is 6.42. The predicted molar refractivity (Wildman–Crippen MR) is 132 cm³/mol. The molecular weight excluding hydrogens is 469 g/mol. The molecule has 0 radical (unpaired) electrons. The number of nitrogens with one attached hydrogen (secondary N) is 3. The van der Waals surface area contributed by atoms with E-state index < -0.39 is 5.92 Å². The number of benzene rings is 3. The monoisotopic (exact) mass is 487 g/mol. The van der Waals surface area contributed by atoms with E-state index in [1.165, 1.54) is 0 Å². The lowest BCUT2D eigenvalue weighted by atomic mass is 9.94. The summed E-state index contributed by atoms with van der Waals surface area (Å²) >= 11 is 18.2. The molecule has 0 aliphatic heterocycles. The molecule has 0 saturated carbocycles. The van der Waals surface area contributed by atoms with E-state index in [-0.39, 0.29) is 5.91 Å². The molecule has 4 aromatic rings. The summed E-state index contributed by atoms with van der Waals surface area (Å²) in [5, 5.41) is 15.8. The number of anilines is 3. The van der Waals surface area contributed by atoms with Gasteiger partial charge in [0.2, 0.25) is 5.91 Å². The fourth-order valence-electron chi connectivity index (χ4n) is 3.46. The van der Waals surface area contributed by atoms with Gasteiger partial charge in [0, 0.05) is 21.8 Å². The molecule has 1 unspecified atom stereocenters. The molecule has 0 saturated heterocycles. The van der Waals surface area contributed by atoms with Gasteiger partial charge in [-0.15, -0.1) is 0 Å². The average molecular weight is 489 g/mol. The zero-order valence-corrected chi connectivity index (χ0v) is 19.1. The van der Waals surface area contributed by atoms with Gasteiger partial charge in [0.25, 0.3) is 0 Å². The number of carbonyl (C=O) groups excluding carboxylic acids is 1. The van der Waals surface area contributed by atoms with Crippen molar-refractivity contribution in [3.8, 4) is 0 Å². The molecule has 1 amide bonds. The highest BCUT2D eigenvalue weighted by Crippen LogP contribution is 2.31. The summed E-state index contributed by atoms with van der Waals surface area (Å²) in [6.07, 6.45) is 0.472. The van der Waals surface area contributed by atoms with E-state index >= 15 is 0 Å². The first kappa shape index (κ1) is 22.4. The Morgan fingerprint density at radius 1 is 1.00 bits per heavy atom. The molecule has 4 rings (SSSR count). The Labute approximate surface area is 200 Å². The van der Waals surface area contributed by atoms with Gasteiger partial charge < -0.3 is 16.4 Å². The first-order valence-corrected chi connectivity index (χ1v) is 11.0. The van der Waals surface area contributed by atoms with Gasteiger partial charge in [0.15, 0.2) is 5.82 Å². The van der Waals surface area contributed by atoms with Crippen LogP contribution in [0.2, 0.25) is 15.1 Å². The summed E-state index contributed by atoms with van der Waals surface area (Å²) in [6.45, 7) is 0.354. The third-order valence-corrected chi connectivity index (χ3v) is 6.01. The minimum Gasteiger partial charge on any atom is -0.338 e. The smallest absolute Gasteiger partial charge is 0.231 e. The van der Waals surface area contributed by atoms with Crippen molar-refractivity contribution < 1.29 is 4.79 Å². The number of aromatic nitrogens is 2. The molecule has 0 aliphatic carbocycles. The first-order chi connectivity index (χ1) is 15.4. The summed E-state index contributed by atoms with van der Waals surface area (Å²) in [4.78, 5) is 13.1. The summed E-state index contributed by atoms with van der Waals surface area (Å²) < 4.78 is 0. The van der Waals surface area contributed by atoms with Gasteiger partial charge in [0.05, 0.1) is 21.5 Å². The van der Waals surface area contributed by atoms with Crippen molar-refractivity contribution in [1.82, 2.24) is 10.2 Å². The molecule has 32 heavy (non-hydrogen) atoms. The zero-order chi connectivity index (χ0) is 22.7. The molecule has 0 aliphatic rings. The van der Waals surface area contributed by atoms with Crippen LogP contribution in [-0.2, 0) is 4.79 Å². The number of hydrogen-bond acceptors (Lipinski definition) is 4. The Morgan fingerprint density at radius 2 is 1.84 bits per heavy atom. The zero-order valence-electron chi connectivity index (χ0n) is 16.8. The molecule has 1 heterocycles. The number of aromatic amines is 1. The summed E-state index contributed by atoms with van der Waals surface area (Å²) in [7, 11) is 0. The number of nitrogens with two attached hydrogens (primary N) is 1. The Balaban J connectivity index is 1.58. The fraction of sp³-hybridized carbons (Fsp3) is 0.130. The molecule has 1 aromatic heterocycles. The van der Waals surface area contributed by atoms with E-state index in [1.54, 1.807) is 24.3 Å². The number of rotatable bonds is 7. The third-order valence-electron chi connectivity index (χ3n) is 5.04. The fourth-order valence-corrected chi connectivity index (χ4v) is 3.96. The second-order valence-electron chi connectivity index (χ2n) is 7.26. The number of nitrogens with zero attached hydrogens (tertiary/aromatic N) is 1. The highest BCUT2D eigenvalue weighted by atomic mass is 35.5. The van der Waals surface area contributed by atoms with Gasteiger partial charge in [-0.25, -0.2) is 0 Å². The lowest BCUT2D eigenvalue weighted by Gasteiger charge is -2.17. The Kier molecular flexibility index (Phi) is 6.86. The molecule has 6 nitrogen and oxygen atoms in total. The van der Waals surface area contributed by atoms with Crippen molar-refractivity contribution in [1.29, 1.82) is 0 Å². The normalized spacial score (nSPS) is 12.0. The topological polar surface area (TPSA) is 95.8 Å². The minimum atomic E-state index is -0.459. The SMILES string of the molecule is NCCC(C(=O)Nc1ccc2[nH]nc(Nc3cccc(Cl)c3)c2c1)c1ccc(Cl)c(Cl)c1. The molecule has 164 valence electrons. The van der Waals surface area contributed by atoms with Crippen LogP contribution in [0.25, 0.3) is 10.9 Å². The molecule has 9 heteroatoms. The van der Waals surface area contributed by atoms with Gasteiger partial charge in [-0.2, -0.15) is 5.10 Å². The van der Waals surface area contributed by atoms with Crippen LogP contribution >= 0.6 is 34.8 Å². The quantitative estimate of drug-likeness (QED) is 0.244. The van der Waals surface area contributed by atoms with E-state index in [0.29, 0.717) is 39.5 Å². The molecule has 5 N–H and O–H groups in total. The van der Waals surface area contributed by atoms with Gasteiger partial charge in [-0.05, 0) is 67.1 Å². The lowest BCUT2D eigenvalue weighted by molar-refractivity contribution is -0.117. The van der Waals surface area contributed by atoms with Crippen LogP contribution in [0, 0.1) is 0 Å². The Hall–Kier alpha value is -2.77. The number of fused-ring (bicyclic) bond motifs is 1. The number of hydrogen-bond donors (Lipinski definition) is 4. The van der Waals surface area contributed by atoms with E-state index in [1.807, 2.05) is 36.4 Å². The van der Waals surface area contributed by atoms with Crippen LogP contribution in [0.4, 0.5) is 17.2 Å².